The zero-order valence-electron chi connectivity index (χ0n) is 13.4. The molecule has 1 unspecified atom stereocenters. The Morgan fingerprint density at radius 3 is 2.57 bits per heavy atom. The van der Waals surface area contributed by atoms with Crippen LogP contribution in [0.1, 0.15) is 13.8 Å². The Morgan fingerprint density at radius 2 is 1.96 bits per heavy atom. The van der Waals surface area contributed by atoms with Crippen LogP contribution in [0.15, 0.2) is 18.2 Å². The second-order valence-electron chi connectivity index (χ2n) is 5.85. The van der Waals surface area contributed by atoms with Gasteiger partial charge in [-0.15, -0.1) is 0 Å². The van der Waals surface area contributed by atoms with Crippen molar-refractivity contribution in [3.63, 3.8) is 0 Å². The number of β-amino-alcohol motifs (C(OH)–C–C–N with tert-alkyl or cyclic N) is 1. The molecule has 0 aliphatic carbocycles. The Balaban J connectivity index is 1.93. The Labute approximate surface area is 134 Å². The van der Waals surface area contributed by atoms with Crippen molar-refractivity contribution in [2.75, 3.05) is 44.2 Å². The zero-order valence-corrected chi connectivity index (χ0v) is 13.4. The molecule has 2 rings (SSSR count). The molecular weight excluding hydrogens is 306 g/mol. The summed E-state index contributed by atoms with van der Waals surface area (Å²) in [6, 6.07) is 3.38. The third-order valence-corrected chi connectivity index (χ3v) is 3.87. The normalized spacial score (nSPS) is 18.6. The van der Waals surface area contributed by atoms with Gasteiger partial charge in [-0.25, -0.2) is 13.6 Å². The van der Waals surface area contributed by atoms with E-state index in [1.807, 2.05) is 4.90 Å². The number of carbonyl (C=O) groups is 1. The van der Waals surface area contributed by atoms with Crippen LogP contribution in [0, 0.1) is 11.6 Å². The largest absolute Gasteiger partial charge is 0.464 e. The van der Waals surface area contributed by atoms with Gasteiger partial charge in [-0.05, 0) is 26.0 Å². The smallest absolute Gasteiger partial charge is 0.339 e. The molecule has 0 spiro atoms. The minimum Gasteiger partial charge on any atom is -0.464 e. The molecule has 0 amide bonds. The zero-order chi connectivity index (χ0) is 17.0. The van der Waals surface area contributed by atoms with Gasteiger partial charge in [0.1, 0.15) is 11.6 Å². The molecule has 1 aliphatic rings. The van der Waals surface area contributed by atoms with Crippen LogP contribution < -0.4 is 4.90 Å². The summed E-state index contributed by atoms with van der Waals surface area (Å²) < 4.78 is 31.9. The number of anilines is 1. The molecule has 1 heterocycles. The molecule has 0 radical (unpaired) electrons. The molecule has 1 aliphatic heterocycles. The quantitative estimate of drug-likeness (QED) is 0.828. The Morgan fingerprint density at radius 1 is 1.30 bits per heavy atom. The Kier molecular flexibility index (Phi) is 5.54. The van der Waals surface area contributed by atoms with E-state index in [1.54, 1.807) is 11.8 Å². The van der Waals surface area contributed by atoms with Crippen LogP contribution in [0.2, 0.25) is 0 Å². The van der Waals surface area contributed by atoms with Crippen molar-refractivity contribution in [3.05, 3.63) is 29.8 Å². The van der Waals surface area contributed by atoms with Crippen LogP contribution in [-0.2, 0) is 9.53 Å². The Hall–Kier alpha value is -1.73. The van der Waals surface area contributed by atoms with Gasteiger partial charge < -0.3 is 14.7 Å². The van der Waals surface area contributed by atoms with E-state index in [-0.39, 0.29) is 18.8 Å². The first kappa shape index (κ1) is 17.6. The predicted octanol–water partition coefficient (Wildman–Crippen LogP) is 1.40. The standard InChI is InChI=1S/C16H22F2N2O3/c1-3-23-15(21)16(2,22)11-19-6-8-20(9-7-19)14-10-12(17)4-5-13(14)18/h4-5,10,22H,3,6-9,11H2,1-2H3. The first-order chi connectivity index (χ1) is 10.8. The van der Waals surface area contributed by atoms with E-state index in [0.717, 1.165) is 12.1 Å². The third kappa shape index (κ3) is 4.39. The molecule has 0 aromatic heterocycles. The average Bonchev–Trinajstić information content (AvgIpc) is 2.50. The van der Waals surface area contributed by atoms with Crippen molar-refractivity contribution in [1.82, 2.24) is 4.90 Å². The van der Waals surface area contributed by atoms with Crippen molar-refractivity contribution in [2.24, 2.45) is 0 Å². The number of nitrogens with zero attached hydrogens (tertiary/aromatic N) is 2. The summed E-state index contributed by atoms with van der Waals surface area (Å²) in [6.07, 6.45) is 0. The summed E-state index contributed by atoms with van der Waals surface area (Å²) in [5.74, 6) is -1.59. The highest BCUT2D eigenvalue weighted by molar-refractivity contribution is 5.79. The summed E-state index contributed by atoms with van der Waals surface area (Å²) in [6.45, 7) is 5.49. The summed E-state index contributed by atoms with van der Waals surface area (Å²) in [7, 11) is 0. The van der Waals surface area contributed by atoms with Gasteiger partial charge in [0, 0.05) is 38.8 Å². The van der Waals surface area contributed by atoms with Crippen molar-refractivity contribution >= 4 is 11.7 Å². The second kappa shape index (κ2) is 7.23. The maximum absolute atomic E-state index is 13.8. The molecule has 1 N–H and O–H groups in total. The topological polar surface area (TPSA) is 53.0 Å². The maximum atomic E-state index is 13.8. The van der Waals surface area contributed by atoms with Crippen LogP contribution >= 0.6 is 0 Å². The molecule has 23 heavy (non-hydrogen) atoms. The number of halogens is 2. The minimum atomic E-state index is -1.58. The molecule has 5 nitrogen and oxygen atoms in total. The van der Waals surface area contributed by atoms with Gasteiger partial charge in [0.2, 0.25) is 0 Å². The fourth-order valence-corrected chi connectivity index (χ4v) is 2.66. The number of hydrogen-bond acceptors (Lipinski definition) is 5. The van der Waals surface area contributed by atoms with Crippen molar-refractivity contribution < 1.29 is 23.4 Å². The number of piperazine rings is 1. The highest BCUT2D eigenvalue weighted by atomic mass is 19.1. The lowest BCUT2D eigenvalue weighted by Gasteiger charge is -2.38. The van der Waals surface area contributed by atoms with Gasteiger partial charge in [-0.2, -0.15) is 0 Å². The average molecular weight is 328 g/mol. The SMILES string of the molecule is CCOC(=O)C(C)(O)CN1CCN(c2cc(F)ccc2F)CC1. The molecule has 1 aromatic rings. The number of carbonyl (C=O) groups excluding carboxylic acids is 1. The Bertz CT molecular complexity index is 558. The van der Waals surface area contributed by atoms with Crippen LogP contribution in [0.25, 0.3) is 0 Å². The highest BCUT2D eigenvalue weighted by Gasteiger charge is 2.35. The number of hydrogen-bond donors (Lipinski definition) is 1. The van der Waals surface area contributed by atoms with Crippen molar-refractivity contribution in [2.45, 2.75) is 19.4 Å². The van der Waals surface area contributed by atoms with E-state index in [1.165, 1.54) is 13.0 Å². The number of rotatable bonds is 5. The molecule has 1 aromatic carbocycles. The summed E-state index contributed by atoms with van der Waals surface area (Å²) in [5, 5.41) is 10.2. The van der Waals surface area contributed by atoms with Gasteiger partial charge in [-0.3, -0.25) is 4.90 Å². The summed E-state index contributed by atoms with van der Waals surface area (Å²) in [4.78, 5) is 15.4. The first-order valence-corrected chi connectivity index (χ1v) is 7.65. The number of ether oxygens (including phenoxy) is 1. The van der Waals surface area contributed by atoms with Crippen LogP contribution in [0.3, 0.4) is 0 Å². The molecule has 1 fully saturated rings. The van der Waals surface area contributed by atoms with E-state index in [2.05, 4.69) is 0 Å². The molecule has 0 saturated carbocycles. The van der Waals surface area contributed by atoms with E-state index in [9.17, 15) is 18.7 Å². The number of benzene rings is 1. The van der Waals surface area contributed by atoms with Crippen molar-refractivity contribution in [3.8, 4) is 0 Å². The lowest BCUT2D eigenvalue weighted by atomic mass is 10.1. The lowest BCUT2D eigenvalue weighted by Crippen LogP contribution is -2.54. The lowest BCUT2D eigenvalue weighted by molar-refractivity contribution is -0.165. The monoisotopic (exact) mass is 328 g/mol. The van der Waals surface area contributed by atoms with E-state index in [4.69, 9.17) is 4.74 Å². The van der Waals surface area contributed by atoms with Gasteiger partial charge in [0.25, 0.3) is 0 Å². The number of esters is 1. The van der Waals surface area contributed by atoms with Crippen LogP contribution in [0.4, 0.5) is 14.5 Å². The summed E-state index contributed by atoms with van der Waals surface area (Å²) >= 11 is 0. The van der Waals surface area contributed by atoms with Crippen molar-refractivity contribution in [1.29, 1.82) is 0 Å². The van der Waals surface area contributed by atoms with Gasteiger partial charge in [0.15, 0.2) is 5.60 Å². The molecule has 0 bridgehead atoms. The van der Waals surface area contributed by atoms with E-state index >= 15 is 0 Å². The van der Waals surface area contributed by atoms with Gasteiger partial charge in [0.05, 0.1) is 12.3 Å². The molecule has 7 heteroatoms. The summed E-state index contributed by atoms with van der Waals surface area (Å²) in [5.41, 5.74) is -1.34. The first-order valence-electron chi connectivity index (χ1n) is 7.65. The fraction of sp³-hybridized carbons (Fsp3) is 0.562. The van der Waals surface area contributed by atoms with Gasteiger partial charge in [-0.1, -0.05) is 0 Å². The molecule has 1 atom stereocenters. The predicted molar refractivity (Wildman–Crippen MR) is 82.3 cm³/mol. The number of aliphatic hydroxyl groups is 1. The highest BCUT2D eigenvalue weighted by Crippen LogP contribution is 2.22. The maximum Gasteiger partial charge on any atom is 0.339 e. The van der Waals surface area contributed by atoms with Crippen LogP contribution in [0.5, 0.6) is 0 Å². The molecule has 1 saturated heterocycles. The second-order valence-corrected chi connectivity index (χ2v) is 5.85. The molecular formula is C16H22F2N2O3. The van der Waals surface area contributed by atoms with Crippen LogP contribution in [-0.4, -0.2) is 60.9 Å². The van der Waals surface area contributed by atoms with E-state index in [0.29, 0.717) is 26.2 Å². The molecule has 128 valence electrons. The third-order valence-electron chi connectivity index (χ3n) is 3.87. The minimum absolute atomic E-state index is 0.144. The van der Waals surface area contributed by atoms with E-state index < -0.39 is 23.2 Å². The van der Waals surface area contributed by atoms with Gasteiger partial charge >= 0.3 is 5.97 Å². The fourth-order valence-electron chi connectivity index (χ4n) is 2.66.